The van der Waals surface area contributed by atoms with Crippen molar-refractivity contribution in [2.45, 2.75) is 45.2 Å². The summed E-state index contributed by atoms with van der Waals surface area (Å²) < 4.78 is 0. The van der Waals surface area contributed by atoms with Crippen molar-refractivity contribution >= 4 is 5.91 Å². The molecule has 0 saturated heterocycles. The molecule has 1 aliphatic rings. The average Bonchev–Trinajstić information content (AvgIpc) is 2.68. The molecule has 0 aliphatic heterocycles. The largest absolute Gasteiger partial charge is 0.352 e. The molecule has 1 aliphatic carbocycles. The molecule has 3 atom stereocenters. The monoisotopic (exact) mass is 170 g/mol. The molecule has 0 aromatic heterocycles. The second-order valence-corrected chi connectivity index (χ2v) is 3.69. The van der Waals surface area contributed by atoms with Crippen LogP contribution in [-0.2, 0) is 4.79 Å². The Kier molecular flexibility index (Phi) is 3.09. The normalized spacial score (nSPS) is 29.6. The molecule has 3 nitrogen and oxygen atoms in total. The molecule has 2 unspecified atom stereocenters. The van der Waals surface area contributed by atoms with Crippen LogP contribution in [0.2, 0.25) is 0 Å². The van der Waals surface area contributed by atoms with E-state index in [-0.39, 0.29) is 11.9 Å². The first-order valence-corrected chi connectivity index (χ1v) is 4.71. The van der Waals surface area contributed by atoms with Gasteiger partial charge in [0, 0.05) is 6.04 Å². The van der Waals surface area contributed by atoms with Gasteiger partial charge in [0.25, 0.3) is 0 Å². The number of carbonyl (C=O) groups excluding carboxylic acids is 1. The summed E-state index contributed by atoms with van der Waals surface area (Å²) in [6.07, 6.45) is 3.57. The predicted octanol–water partition coefficient (Wildman–Crippen LogP) is 0.638. The van der Waals surface area contributed by atoms with Crippen molar-refractivity contribution < 1.29 is 4.79 Å². The maximum absolute atomic E-state index is 11.1. The standard InChI is InChI=1S/C9H18N2O/c1-3-4-7-5-8(7)11-9(12)6(2)10/h6-8H,3-5,10H2,1-2H3,(H,11,12)/t6-,7?,8?/m0/s1. The van der Waals surface area contributed by atoms with Crippen LogP contribution >= 0.6 is 0 Å². The van der Waals surface area contributed by atoms with Gasteiger partial charge in [-0.1, -0.05) is 13.3 Å². The Hall–Kier alpha value is -0.570. The highest BCUT2D eigenvalue weighted by Gasteiger charge is 2.37. The molecule has 0 spiro atoms. The first-order chi connectivity index (χ1) is 5.65. The summed E-state index contributed by atoms with van der Waals surface area (Å²) in [5.41, 5.74) is 5.42. The van der Waals surface area contributed by atoms with Gasteiger partial charge in [0.2, 0.25) is 5.91 Å². The van der Waals surface area contributed by atoms with Crippen molar-refractivity contribution in [3.63, 3.8) is 0 Å². The Morgan fingerprint density at radius 2 is 2.42 bits per heavy atom. The number of nitrogens with one attached hydrogen (secondary N) is 1. The maximum atomic E-state index is 11.1. The van der Waals surface area contributed by atoms with E-state index < -0.39 is 0 Å². The van der Waals surface area contributed by atoms with Crippen LogP contribution in [0.5, 0.6) is 0 Å². The Morgan fingerprint density at radius 1 is 1.75 bits per heavy atom. The third-order valence-corrected chi connectivity index (χ3v) is 2.32. The van der Waals surface area contributed by atoms with Gasteiger partial charge in [-0.05, 0) is 25.7 Å². The number of hydrogen-bond donors (Lipinski definition) is 2. The summed E-state index contributed by atoms with van der Waals surface area (Å²) in [5, 5.41) is 2.92. The molecule has 0 heterocycles. The van der Waals surface area contributed by atoms with Crippen LogP contribution < -0.4 is 11.1 Å². The molecule has 12 heavy (non-hydrogen) atoms. The van der Waals surface area contributed by atoms with Gasteiger partial charge in [-0.25, -0.2) is 0 Å². The second kappa shape index (κ2) is 3.90. The summed E-state index contributed by atoms with van der Waals surface area (Å²) in [4.78, 5) is 11.1. The highest BCUT2D eigenvalue weighted by atomic mass is 16.2. The summed E-state index contributed by atoms with van der Waals surface area (Å²) >= 11 is 0. The van der Waals surface area contributed by atoms with Crippen LogP contribution in [0.1, 0.15) is 33.1 Å². The Balaban J connectivity index is 2.14. The van der Waals surface area contributed by atoms with Crippen molar-refractivity contribution in [1.29, 1.82) is 0 Å². The number of carbonyl (C=O) groups is 1. The van der Waals surface area contributed by atoms with Crippen molar-refractivity contribution in [3.8, 4) is 0 Å². The van der Waals surface area contributed by atoms with Crippen molar-refractivity contribution in [1.82, 2.24) is 5.32 Å². The minimum atomic E-state index is -0.368. The SMILES string of the molecule is CCCC1CC1NC(=O)[C@H](C)N. The van der Waals surface area contributed by atoms with Crippen molar-refractivity contribution in [2.75, 3.05) is 0 Å². The lowest BCUT2D eigenvalue weighted by molar-refractivity contribution is -0.122. The molecule has 1 fully saturated rings. The van der Waals surface area contributed by atoms with E-state index in [1.165, 1.54) is 12.8 Å². The topological polar surface area (TPSA) is 55.1 Å². The summed E-state index contributed by atoms with van der Waals surface area (Å²) in [6, 6.07) is 0.0522. The lowest BCUT2D eigenvalue weighted by atomic mass is 10.2. The molecule has 0 aromatic carbocycles. The zero-order valence-electron chi connectivity index (χ0n) is 7.84. The van der Waals surface area contributed by atoms with Gasteiger partial charge in [-0.3, -0.25) is 4.79 Å². The summed E-state index contributed by atoms with van der Waals surface area (Å²) in [5.74, 6) is 0.705. The smallest absolute Gasteiger partial charge is 0.236 e. The van der Waals surface area contributed by atoms with E-state index in [2.05, 4.69) is 12.2 Å². The Labute approximate surface area is 73.7 Å². The number of nitrogens with two attached hydrogens (primary N) is 1. The number of rotatable bonds is 4. The molecule has 1 rings (SSSR count). The fourth-order valence-corrected chi connectivity index (χ4v) is 1.43. The van der Waals surface area contributed by atoms with Crippen LogP contribution in [0.15, 0.2) is 0 Å². The number of amides is 1. The molecule has 0 aromatic rings. The van der Waals surface area contributed by atoms with Gasteiger partial charge in [-0.15, -0.1) is 0 Å². The van der Waals surface area contributed by atoms with E-state index in [1.54, 1.807) is 6.92 Å². The molecule has 0 bridgehead atoms. The van der Waals surface area contributed by atoms with Crippen LogP contribution in [0, 0.1) is 5.92 Å². The third kappa shape index (κ3) is 2.48. The summed E-state index contributed by atoms with van der Waals surface area (Å²) in [6.45, 7) is 3.88. The van der Waals surface area contributed by atoms with Crippen LogP contribution in [0.25, 0.3) is 0 Å². The molecule has 1 amide bonds. The molecule has 70 valence electrons. The quantitative estimate of drug-likeness (QED) is 0.650. The van der Waals surface area contributed by atoms with Gasteiger partial charge in [0.1, 0.15) is 0 Å². The minimum Gasteiger partial charge on any atom is -0.352 e. The zero-order chi connectivity index (χ0) is 9.14. The fourth-order valence-electron chi connectivity index (χ4n) is 1.43. The van der Waals surface area contributed by atoms with Gasteiger partial charge < -0.3 is 11.1 Å². The van der Waals surface area contributed by atoms with Gasteiger partial charge in [-0.2, -0.15) is 0 Å². The first-order valence-electron chi connectivity index (χ1n) is 4.71. The molecule has 1 saturated carbocycles. The molecule has 3 heteroatoms. The Bertz CT molecular complexity index is 168. The Morgan fingerprint density at radius 3 is 2.92 bits per heavy atom. The highest BCUT2D eigenvalue weighted by molar-refractivity contribution is 5.81. The van der Waals surface area contributed by atoms with Crippen molar-refractivity contribution in [2.24, 2.45) is 11.7 Å². The van der Waals surface area contributed by atoms with Crippen LogP contribution in [0.4, 0.5) is 0 Å². The lowest BCUT2D eigenvalue weighted by Gasteiger charge is -2.06. The zero-order valence-corrected chi connectivity index (χ0v) is 7.84. The van der Waals surface area contributed by atoms with Crippen LogP contribution in [-0.4, -0.2) is 18.0 Å². The number of hydrogen-bond acceptors (Lipinski definition) is 2. The van der Waals surface area contributed by atoms with E-state index >= 15 is 0 Å². The maximum Gasteiger partial charge on any atom is 0.236 e. The van der Waals surface area contributed by atoms with Gasteiger partial charge >= 0.3 is 0 Å². The molecular formula is C9H18N2O. The molecule has 3 N–H and O–H groups in total. The van der Waals surface area contributed by atoms with E-state index in [1.807, 2.05) is 0 Å². The van der Waals surface area contributed by atoms with Crippen molar-refractivity contribution in [3.05, 3.63) is 0 Å². The van der Waals surface area contributed by atoms with E-state index in [0.717, 1.165) is 12.3 Å². The van der Waals surface area contributed by atoms with Crippen LogP contribution in [0.3, 0.4) is 0 Å². The summed E-state index contributed by atoms with van der Waals surface area (Å²) in [7, 11) is 0. The highest BCUT2D eigenvalue weighted by Crippen LogP contribution is 2.34. The third-order valence-electron chi connectivity index (χ3n) is 2.32. The minimum absolute atomic E-state index is 0.0152. The van der Waals surface area contributed by atoms with Gasteiger partial charge in [0.05, 0.1) is 6.04 Å². The second-order valence-electron chi connectivity index (χ2n) is 3.69. The molecule has 0 radical (unpaired) electrons. The van der Waals surface area contributed by atoms with E-state index in [4.69, 9.17) is 5.73 Å². The average molecular weight is 170 g/mol. The fraction of sp³-hybridized carbons (Fsp3) is 0.889. The first kappa shape index (κ1) is 9.52. The lowest BCUT2D eigenvalue weighted by Crippen LogP contribution is -2.39. The van der Waals surface area contributed by atoms with Gasteiger partial charge in [0.15, 0.2) is 0 Å². The molecular weight excluding hydrogens is 152 g/mol. The van der Waals surface area contributed by atoms with E-state index in [9.17, 15) is 4.79 Å². The van der Waals surface area contributed by atoms with E-state index in [0.29, 0.717) is 6.04 Å². The predicted molar refractivity (Wildman–Crippen MR) is 48.6 cm³/mol.